The minimum atomic E-state index is -0.254. The van der Waals surface area contributed by atoms with E-state index in [4.69, 9.17) is 16.0 Å². The zero-order valence-corrected chi connectivity index (χ0v) is 16.7. The fourth-order valence-corrected chi connectivity index (χ4v) is 3.16. The Labute approximate surface area is 158 Å². The Bertz CT molecular complexity index is 991. The molecule has 138 valence electrons. The van der Waals surface area contributed by atoms with E-state index in [9.17, 15) is 10.2 Å². The van der Waals surface area contributed by atoms with Crippen LogP contribution in [0.1, 0.15) is 52.7 Å². The molecule has 0 saturated heterocycles. The minimum Gasteiger partial charge on any atom is -0.507 e. The van der Waals surface area contributed by atoms with E-state index in [2.05, 4.69) is 25.8 Å². The molecule has 0 fully saturated rings. The summed E-state index contributed by atoms with van der Waals surface area (Å²) in [6.07, 6.45) is 0. The summed E-state index contributed by atoms with van der Waals surface area (Å²) in [5.74, 6) is 0.359. The molecule has 0 radical (unpaired) electrons. The van der Waals surface area contributed by atoms with Crippen LogP contribution in [0.3, 0.4) is 0 Å². The molecular weight excluding hydrogens is 350 g/mol. The maximum atomic E-state index is 10.8. The van der Waals surface area contributed by atoms with Crippen molar-refractivity contribution in [1.29, 1.82) is 0 Å². The predicted octanol–water partition coefficient (Wildman–Crippen LogP) is 6.15. The van der Waals surface area contributed by atoms with Crippen molar-refractivity contribution in [2.24, 2.45) is 0 Å². The highest BCUT2D eigenvalue weighted by molar-refractivity contribution is 6.30. The van der Waals surface area contributed by atoms with Crippen LogP contribution in [0.25, 0.3) is 22.6 Å². The van der Waals surface area contributed by atoms with E-state index in [-0.39, 0.29) is 28.2 Å². The summed E-state index contributed by atoms with van der Waals surface area (Å²) in [6, 6.07) is 6.68. The van der Waals surface area contributed by atoms with E-state index in [1.54, 1.807) is 12.1 Å². The normalized spacial score (nSPS) is 12.7. The predicted molar refractivity (Wildman–Crippen MR) is 105 cm³/mol. The van der Waals surface area contributed by atoms with Crippen molar-refractivity contribution in [3.63, 3.8) is 0 Å². The van der Waals surface area contributed by atoms with Gasteiger partial charge in [0.1, 0.15) is 11.5 Å². The van der Waals surface area contributed by atoms with Crippen molar-refractivity contribution in [2.75, 3.05) is 0 Å². The van der Waals surface area contributed by atoms with Gasteiger partial charge >= 0.3 is 0 Å². The first-order valence-electron chi connectivity index (χ1n) is 8.56. The first-order valence-corrected chi connectivity index (χ1v) is 8.94. The molecule has 1 aromatic heterocycles. The minimum absolute atomic E-state index is 0.0220. The largest absolute Gasteiger partial charge is 0.507 e. The fraction of sp³-hybridized carbons (Fsp3) is 0.381. The van der Waals surface area contributed by atoms with E-state index < -0.39 is 0 Å². The third kappa shape index (κ3) is 3.14. The summed E-state index contributed by atoms with van der Waals surface area (Å²) in [5.41, 5.74) is 2.62. The van der Waals surface area contributed by atoms with Crippen LogP contribution < -0.4 is 0 Å². The van der Waals surface area contributed by atoms with Crippen LogP contribution in [-0.4, -0.2) is 15.2 Å². The first kappa shape index (κ1) is 18.6. The van der Waals surface area contributed by atoms with Gasteiger partial charge in [0.05, 0.1) is 5.56 Å². The monoisotopic (exact) mass is 373 g/mol. The number of aromatic nitrogens is 1. The van der Waals surface area contributed by atoms with Crippen molar-refractivity contribution >= 4 is 22.7 Å². The molecule has 2 N–H and O–H groups in total. The molecule has 0 atom stereocenters. The molecule has 3 rings (SSSR count). The van der Waals surface area contributed by atoms with E-state index in [0.29, 0.717) is 21.7 Å². The van der Waals surface area contributed by atoms with Crippen LogP contribution in [0.5, 0.6) is 11.5 Å². The zero-order valence-electron chi connectivity index (χ0n) is 15.9. The molecule has 0 aliphatic heterocycles. The third-order valence-electron chi connectivity index (χ3n) is 4.44. The van der Waals surface area contributed by atoms with E-state index in [1.165, 1.54) is 6.07 Å². The standard InChI is InChI=1S/C21H24ClNO3/c1-20(2,3)13-10-14(21(4,5)6)18-16(17(13)25)23-19(26-18)12-9-11(22)7-8-15(12)24/h7-10,24-25H,1-6H3. The number of halogens is 1. The second kappa shape index (κ2) is 5.92. The number of benzene rings is 2. The second-order valence-corrected chi connectivity index (χ2v) is 9.11. The molecule has 1 heterocycles. The lowest BCUT2D eigenvalue weighted by molar-refractivity contribution is 0.449. The Morgan fingerprint density at radius 2 is 1.54 bits per heavy atom. The quantitative estimate of drug-likeness (QED) is 0.536. The van der Waals surface area contributed by atoms with Crippen LogP contribution in [0.15, 0.2) is 28.7 Å². The molecule has 3 aromatic rings. The van der Waals surface area contributed by atoms with E-state index >= 15 is 0 Å². The van der Waals surface area contributed by atoms with Gasteiger partial charge in [-0.25, -0.2) is 4.98 Å². The summed E-state index contributed by atoms with van der Waals surface area (Å²) < 4.78 is 6.01. The maximum Gasteiger partial charge on any atom is 0.231 e. The van der Waals surface area contributed by atoms with Gasteiger partial charge in [-0.05, 0) is 35.1 Å². The third-order valence-corrected chi connectivity index (χ3v) is 4.68. The van der Waals surface area contributed by atoms with Gasteiger partial charge in [-0.15, -0.1) is 0 Å². The van der Waals surface area contributed by atoms with Gasteiger partial charge in [0.2, 0.25) is 5.89 Å². The Balaban J connectivity index is 2.39. The van der Waals surface area contributed by atoms with E-state index in [0.717, 1.165) is 11.1 Å². The molecule has 0 saturated carbocycles. The van der Waals surface area contributed by atoms with Crippen molar-refractivity contribution in [2.45, 2.75) is 52.4 Å². The number of phenolic OH excluding ortho intramolecular Hbond substituents is 2. The molecule has 0 aliphatic carbocycles. The van der Waals surface area contributed by atoms with Crippen molar-refractivity contribution < 1.29 is 14.6 Å². The maximum absolute atomic E-state index is 10.8. The van der Waals surface area contributed by atoms with Gasteiger partial charge in [-0.1, -0.05) is 53.1 Å². The number of fused-ring (bicyclic) bond motifs is 1. The highest BCUT2D eigenvalue weighted by atomic mass is 35.5. The molecule has 0 amide bonds. The van der Waals surface area contributed by atoms with Crippen LogP contribution in [-0.2, 0) is 10.8 Å². The topological polar surface area (TPSA) is 66.5 Å². The number of nitrogens with zero attached hydrogens (tertiary/aromatic N) is 1. The Kier molecular flexibility index (Phi) is 4.23. The lowest BCUT2D eigenvalue weighted by atomic mass is 9.79. The molecule has 5 heteroatoms. The molecule has 0 aliphatic rings. The molecule has 26 heavy (non-hydrogen) atoms. The Morgan fingerprint density at radius 3 is 2.12 bits per heavy atom. The number of hydrogen-bond acceptors (Lipinski definition) is 4. The SMILES string of the molecule is CC(C)(C)c1cc(C(C)(C)C)c2oc(-c3cc(Cl)ccc3O)nc2c1O. The summed E-state index contributed by atoms with van der Waals surface area (Å²) in [4.78, 5) is 4.50. The number of hydrogen-bond donors (Lipinski definition) is 2. The molecule has 0 spiro atoms. The first-order chi connectivity index (χ1) is 11.9. The lowest BCUT2D eigenvalue weighted by Crippen LogP contribution is -2.16. The Hall–Kier alpha value is -2.20. The summed E-state index contributed by atoms with van der Waals surface area (Å²) >= 11 is 6.06. The lowest BCUT2D eigenvalue weighted by Gasteiger charge is -2.25. The van der Waals surface area contributed by atoms with Gasteiger partial charge < -0.3 is 14.6 Å². The van der Waals surface area contributed by atoms with Gasteiger partial charge in [0, 0.05) is 16.1 Å². The number of phenols is 2. The van der Waals surface area contributed by atoms with Gasteiger partial charge in [-0.3, -0.25) is 0 Å². The molecule has 0 unspecified atom stereocenters. The summed E-state index contributed by atoms with van der Waals surface area (Å²) in [5, 5.41) is 21.5. The average Bonchev–Trinajstić information content (AvgIpc) is 2.92. The highest BCUT2D eigenvalue weighted by Crippen LogP contribution is 2.44. The Morgan fingerprint density at radius 1 is 0.923 bits per heavy atom. The van der Waals surface area contributed by atoms with Crippen LogP contribution in [0, 0.1) is 0 Å². The molecule has 0 bridgehead atoms. The van der Waals surface area contributed by atoms with Crippen molar-refractivity contribution in [3.05, 3.63) is 40.4 Å². The van der Waals surface area contributed by atoms with Crippen molar-refractivity contribution in [1.82, 2.24) is 4.98 Å². The number of aromatic hydroxyl groups is 2. The molecular formula is C21H24ClNO3. The summed E-state index contributed by atoms with van der Waals surface area (Å²) in [6.45, 7) is 12.4. The smallest absolute Gasteiger partial charge is 0.231 e. The fourth-order valence-electron chi connectivity index (χ4n) is 2.99. The molecule has 2 aromatic carbocycles. The van der Waals surface area contributed by atoms with Crippen molar-refractivity contribution in [3.8, 4) is 23.0 Å². The summed E-state index contributed by atoms with van der Waals surface area (Å²) in [7, 11) is 0. The zero-order chi connectivity index (χ0) is 19.4. The van der Waals surface area contributed by atoms with Gasteiger partial charge in [0.15, 0.2) is 11.1 Å². The van der Waals surface area contributed by atoms with Gasteiger partial charge in [0.25, 0.3) is 0 Å². The second-order valence-electron chi connectivity index (χ2n) is 8.68. The van der Waals surface area contributed by atoms with Crippen LogP contribution in [0.4, 0.5) is 0 Å². The highest BCUT2D eigenvalue weighted by Gasteiger charge is 2.29. The number of oxazole rings is 1. The van der Waals surface area contributed by atoms with E-state index in [1.807, 2.05) is 26.8 Å². The van der Waals surface area contributed by atoms with Crippen LogP contribution >= 0.6 is 11.6 Å². The van der Waals surface area contributed by atoms with Gasteiger partial charge in [-0.2, -0.15) is 0 Å². The van der Waals surface area contributed by atoms with Crippen LogP contribution in [0.2, 0.25) is 5.02 Å². The molecule has 4 nitrogen and oxygen atoms in total. The number of rotatable bonds is 1. The average molecular weight is 374 g/mol.